The highest BCUT2D eigenvalue weighted by Gasteiger charge is 2.03. The molecule has 21 heavy (non-hydrogen) atoms. The summed E-state index contributed by atoms with van der Waals surface area (Å²) in [5.41, 5.74) is 2.57. The average Bonchev–Trinajstić information content (AvgIpc) is 2.45. The maximum atomic E-state index is 10.6. The lowest BCUT2D eigenvalue weighted by molar-refractivity contribution is -0.131. The van der Waals surface area contributed by atoms with Crippen molar-refractivity contribution in [2.45, 2.75) is 13.5 Å². The molecular formula is C16H14BrNO3. The fraction of sp³-hybridized carbons (Fsp3) is 0.125. The Hall–Kier alpha value is -2.14. The second-order valence-corrected chi connectivity index (χ2v) is 5.38. The van der Waals surface area contributed by atoms with Gasteiger partial charge < -0.3 is 9.84 Å². The molecule has 0 radical (unpaired) electrons. The van der Waals surface area contributed by atoms with E-state index in [-0.39, 0.29) is 0 Å². The largest absolute Gasteiger partial charge is 0.487 e. The molecule has 2 rings (SSSR count). The quantitative estimate of drug-likeness (QED) is 0.835. The van der Waals surface area contributed by atoms with Gasteiger partial charge in [0.25, 0.3) is 0 Å². The van der Waals surface area contributed by atoms with E-state index < -0.39 is 5.97 Å². The second-order valence-electron chi connectivity index (χ2n) is 4.47. The predicted molar refractivity (Wildman–Crippen MR) is 84.1 cm³/mol. The van der Waals surface area contributed by atoms with Crippen LogP contribution in [0.5, 0.6) is 5.75 Å². The Morgan fingerprint density at radius 3 is 2.86 bits per heavy atom. The van der Waals surface area contributed by atoms with Crippen LogP contribution >= 0.6 is 15.9 Å². The standard InChI is InChI=1S/C16H14BrNO3/c1-11-2-6-15(12(8-11)3-7-16(19)20)21-10-14-5-4-13(17)9-18-14/h2-9H,10H2,1H3,(H,19,20)/b7-3+. The van der Waals surface area contributed by atoms with Gasteiger partial charge in [-0.05, 0) is 53.2 Å². The van der Waals surface area contributed by atoms with E-state index in [9.17, 15) is 4.79 Å². The van der Waals surface area contributed by atoms with E-state index in [1.165, 1.54) is 6.08 Å². The SMILES string of the molecule is Cc1ccc(OCc2ccc(Br)cn2)c(/C=C/C(=O)O)c1. The van der Waals surface area contributed by atoms with Gasteiger partial charge in [-0.25, -0.2) is 4.79 Å². The summed E-state index contributed by atoms with van der Waals surface area (Å²) >= 11 is 3.33. The molecule has 4 nitrogen and oxygen atoms in total. The van der Waals surface area contributed by atoms with Crippen LogP contribution in [0.2, 0.25) is 0 Å². The Morgan fingerprint density at radius 2 is 2.19 bits per heavy atom. The number of carboxylic acid groups (broad SMARTS) is 1. The van der Waals surface area contributed by atoms with E-state index in [1.807, 2.05) is 37.3 Å². The molecule has 1 N–H and O–H groups in total. The number of benzene rings is 1. The molecule has 1 aromatic carbocycles. The van der Waals surface area contributed by atoms with Crippen molar-refractivity contribution >= 4 is 28.0 Å². The maximum absolute atomic E-state index is 10.6. The van der Waals surface area contributed by atoms with Gasteiger partial charge in [0.2, 0.25) is 0 Å². The fourth-order valence-corrected chi connectivity index (χ4v) is 1.97. The van der Waals surface area contributed by atoms with Crippen LogP contribution < -0.4 is 4.74 Å². The first kappa shape index (κ1) is 15.3. The molecule has 0 aliphatic carbocycles. The highest BCUT2D eigenvalue weighted by Crippen LogP contribution is 2.22. The highest BCUT2D eigenvalue weighted by atomic mass is 79.9. The van der Waals surface area contributed by atoms with Crippen molar-refractivity contribution in [3.8, 4) is 5.75 Å². The molecule has 0 spiro atoms. The maximum Gasteiger partial charge on any atom is 0.328 e. The van der Waals surface area contributed by atoms with Crippen LogP contribution in [0.1, 0.15) is 16.8 Å². The number of aryl methyl sites for hydroxylation is 1. The number of hydrogen-bond acceptors (Lipinski definition) is 3. The molecule has 0 unspecified atom stereocenters. The second kappa shape index (κ2) is 7.04. The zero-order chi connectivity index (χ0) is 15.2. The van der Waals surface area contributed by atoms with Crippen LogP contribution in [0.25, 0.3) is 6.08 Å². The molecule has 0 aliphatic heterocycles. The van der Waals surface area contributed by atoms with Crippen molar-refractivity contribution in [3.05, 3.63) is 63.9 Å². The Balaban J connectivity index is 2.15. The Kier molecular flexibility index (Phi) is 5.11. The van der Waals surface area contributed by atoms with Crippen LogP contribution in [0.15, 0.2) is 47.1 Å². The Labute approximate surface area is 131 Å². The number of carbonyl (C=O) groups is 1. The van der Waals surface area contributed by atoms with Crippen LogP contribution in [0, 0.1) is 6.92 Å². The van der Waals surface area contributed by atoms with Gasteiger partial charge in [0.15, 0.2) is 0 Å². The molecule has 108 valence electrons. The van der Waals surface area contributed by atoms with E-state index in [4.69, 9.17) is 9.84 Å². The van der Waals surface area contributed by atoms with Crippen molar-refractivity contribution < 1.29 is 14.6 Å². The summed E-state index contributed by atoms with van der Waals surface area (Å²) in [6, 6.07) is 9.39. The fourth-order valence-electron chi connectivity index (χ4n) is 1.73. The van der Waals surface area contributed by atoms with Crippen molar-refractivity contribution in [2.24, 2.45) is 0 Å². The zero-order valence-corrected chi connectivity index (χ0v) is 13.0. The van der Waals surface area contributed by atoms with Crippen molar-refractivity contribution in [2.75, 3.05) is 0 Å². The lowest BCUT2D eigenvalue weighted by atomic mass is 10.1. The first-order valence-electron chi connectivity index (χ1n) is 6.29. The average molecular weight is 348 g/mol. The molecule has 1 aromatic heterocycles. The third-order valence-corrected chi connectivity index (χ3v) is 3.20. The van der Waals surface area contributed by atoms with Gasteiger partial charge in [0.05, 0.1) is 5.69 Å². The zero-order valence-electron chi connectivity index (χ0n) is 11.4. The van der Waals surface area contributed by atoms with Gasteiger partial charge in [0, 0.05) is 22.3 Å². The van der Waals surface area contributed by atoms with Gasteiger partial charge in [0.1, 0.15) is 12.4 Å². The van der Waals surface area contributed by atoms with Gasteiger partial charge >= 0.3 is 5.97 Å². The first-order valence-corrected chi connectivity index (χ1v) is 7.09. The number of ether oxygens (including phenoxy) is 1. The molecule has 0 saturated heterocycles. The van der Waals surface area contributed by atoms with Crippen molar-refractivity contribution in [1.29, 1.82) is 0 Å². The molecule has 1 heterocycles. The number of hydrogen-bond donors (Lipinski definition) is 1. The minimum absolute atomic E-state index is 0.324. The van der Waals surface area contributed by atoms with Crippen LogP contribution in [-0.4, -0.2) is 16.1 Å². The minimum Gasteiger partial charge on any atom is -0.487 e. The third-order valence-electron chi connectivity index (χ3n) is 2.73. The van der Waals surface area contributed by atoms with Gasteiger partial charge in [-0.2, -0.15) is 0 Å². The number of aromatic nitrogens is 1. The van der Waals surface area contributed by atoms with Crippen LogP contribution in [0.3, 0.4) is 0 Å². The molecule has 0 saturated carbocycles. The number of carboxylic acids is 1. The lowest BCUT2D eigenvalue weighted by Gasteiger charge is -2.10. The van der Waals surface area contributed by atoms with Crippen LogP contribution in [-0.2, 0) is 11.4 Å². The normalized spacial score (nSPS) is 10.8. The number of rotatable bonds is 5. The van der Waals surface area contributed by atoms with E-state index in [0.717, 1.165) is 27.4 Å². The molecule has 5 heteroatoms. The van der Waals surface area contributed by atoms with Crippen molar-refractivity contribution in [3.63, 3.8) is 0 Å². The topological polar surface area (TPSA) is 59.4 Å². The molecule has 0 amide bonds. The molecule has 2 aromatic rings. The summed E-state index contributed by atoms with van der Waals surface area (Å²) in [5.74, 6) is -0.361. The number of aliphatic carboxylic acids is 1. The summed E-state index contributed by atoms with van der Waals surface area (Å²) < 4.78 is 6.64. The molecule has 0 atom stereocenters. The summed E-state index contributed by atoms with van der Waals surface area (Å²) in [6.45, 7) is 2.27. The van der Waals surface area contributed by atoms with Gasteiger partial charge in [-0.1, -0.05) is 11.6 Å². The summed E-state index contributed by atoms with van der Waals surface area (Å²) in [5, 5.41) is 8.73. The summed E-state index contributed by atoms with van der Waals surface area (Å²) in [7, 11) is 0. The number of halogens is 1. The first-order chi connectivity index (χ1) is 10.0. The van der Waals surface area contributed by atoms with E-state index in [1.54, 1.807) is 6.20 Å². The minimum atomic E-state index is -0.989. The molecule has 0 bridgehead atoms. The third kappa shape index (κ3) is 4.72. The lowest BCUT2D eigenvalue weighted by Crippen LogP contribution is -1.99. The number of nitrogens with zero attached hydrogens (tertiary/aromatic N) is 1. The monoisotopic (exact) mass is 347 g/mol. The van der Waals surface area contributed by atoms with Gasteiger partial charge in [-0.15, -0.1) is 0 Å². The van der Waals surface area contributed by atoms with E-state index in [0.29, 0.717) is 12.4 Å². The van der Waals surface area contributed by atoms with E-state index in [2.05, 4.69) is 20.9 Å². The number of pyridine rings is 1. The van der Waals surface area contributed by atoms with Crippen molar-refractivity contribution in [1.82, 2.24) is 4.98 Å². The summed E-state index contributed by atoms with van der Waals surface area (Å²) in [6.07, 6.45) is 4.33. The Morgan fingerprint density at radius 1 is 1.38 bits per heavy atom. The Bertz CT molecular complexity index is 666. The smallest absolute Gasteiger partial charge is 0.328 e. The molecular weight excluding hydrogens is 334 g/mol. The van der Waals surface area contributed by atoms with Crippen LogP contribution in [0.4, 0.5) is 0 Å². The highest BCUT2D eigenvalue weighted by molar-refractivity contribution is 9.10. The van der Waals surface area contributed by atoms with Gasteiger partial charge in [-0.3, -0.25) is 4.98 Å². The molecule has 0 fully saturated rings. The molecule has 0 aliphatic rings. The summed E-state index contributed by atoms with van der Waals surface area (Å²) in [4.78, 5) is 14.9. The van der Waals surface area contributed by atoms with E-state index >= 15 is 0 Å². The predicted octanol–water partition coefficient (Wildman–Crippen LogP) is 3.83.